The maximum absolute atomic E-state index is 4.82. The minimum atomic E-state index is 0.315. The molecule has 1 aliphatic heterocycles. The molecule has 1 unspecified atom stereocenters. The van der Waals surface area contributed by atoms with Gasteiger partial charge in [0, 0.05) is 18.8 Å². The molecule has 0 saturated heterocycles. The quantitative estimate of drug-likeness (QED) is 0.669. The Kier molecular flexibility index (Phi) is 6.19. The van der Waals surface area contributed by atoms with Crippen LogP contribution in [0.3, 0.4) is 0 Å². The molecule has 0 N–H and O–H groups in total. The van der Waals surface area contributed by atoms with Crippen molar-refractivity contribution in [1.29, 1.82) is 0 Å². The van der Waals surface area contributed by atoms with Gasteiger partial charge in [0.1, 0.15) is 0 Å². The minimum Gasteiger partial charge on any atom is -0.340 e. The maximum atomic E-state index is 4.82. The Labute approximate surface area is 156 Å². The topological polar surface area (TPSA) is 15.6 Å². The van der Waals surface area contributed by atoms with E-state index in [1.165, 1.54) is 34.0 Å². The van der Waals surface area contributed by atoms with Crippen molar-refractivity contribution in [3.8, 4) is 0 Å². The maximum Gasteiger partial charge on any atom is 0.159 e. The fourth-order valence-corrected chi connectivity index (χ4v) is 4.14. The molecule has 2 aromatic carbocycles. The molecule has 1 aliphatic rings. The van der Waals surface area contributed by atoms with E-state index in [1.54, 1.807) is 0 Å². The Morgan fingerprint density at radius 2 is 1.68 bits per heavy atom. The number of nitrogens with zero attached hydrogens (tertiary/aromatic N) is 2. The summed E-state index contributed by atoms with van der Waals surface area (Å²) >= 11 is 1.90. The van der Waals surface area contributed by atoms with Gasteiger partial charge in [-0.2, -0.15) is 0 Å². The molecule has 2 nitrogen and oxygen atoms in total. The molecule has 0 bridgehead atoms. The number of rotatable bonds is 5. The summed E-state index contributed by atoms with van der Waals surface area (Å²) in [5.74, 6) is 1.75. The molecule has 0 spiro atoms. The van der Waals surface area contributed by atoms with Crippen LogP contribution in [0, 0.1) is 0 Å². The van der Waals surface area contributed by atoms with Gasteiger partial charge >= 0.3 is 0 Å². The molecule has 1 heterocycles. The second-order valence-electron chi connectivity index (χ2n) is 6.98. The van der Waals surface area contributed by atoms with E-state index in [9.17, 15) is 0 Å². The normalized spacial score (nSPS) is 15.8. The highest BCUT2D eigenvalue weighted by Crippen LogP contribution is 2.28. The van der Waals surface area contributed by atoms with Crippen LogP contribution in [-0.2, 0) is 6.54 Å². The van der Waals surface area contributed by atoms with Crippen molar-refractivity contribution in [1.82, 2.24) is 4.90 Å². The van der Waals surface area contributed by atoms with Gasteiger partial charge in [0.15, 0.2) is 5.17 Å². The molecule has 0 aromatic heterocycles. The van der Waals surface area contributed by atoms with E-state index in [2.05, 4.69) is 80.3 Å². The average Bonchev–Trinajstić information content (AvgIpc) is 2.67. The molecule has 25 heavy (non-hydrogen) atoms. The third-order valence-electron chi connectivity index (χ3n) is 4.78. The first-order valence-corrected chi connectivity index (χ1v) is 10.2. The van der Waals surface area contributed by atoms with Crippen molar-refractivity contribution in [2.75, 3.05) is 12.3 Å². The van der Waals surface area contributed by atoms with Crippen LogP contribution in [0.2, 0.25) is 0 Å². The summed E-state index contributed by atoms with van der Waals surface area (Å²) in [6.07, 6.45) is 1.19. The van der Waals surface area contributed by atoms with Crippen LogP contribution < -0.4 is 0 Å². The van der Waals surface area contributed by atoms with Crippen LogP contribution in [0.15, 0.2) is 59.6 Å². The van der Waals surface area contributed by atoms with Crippen molar-refractivity contribution in [2.45, 2.75) is 45.7 Å². The monoisotopic (exact) mass is 352 g/mol. The molecule has 2 aromatic rings. The molecule has 0 fully saturated rings. The first-order valence-electron chi connectivity index (χ1n) is 9.23. The van der Waals surface area contributed by atoms with E-state index >= 15 is 0 Å². The Balaban J connectivity index is 1.84. The van der Waals surface area contributed by atoms with Crippen molar-refractivity contribution in [3.05, 3.63) is 71.3 Å². The Morgan fingerprint density at radius 1 is 0.960 bits per heavy atom. The standard InChI is InChI=1S/C22H28N2S/c1-17(2)20-12-10-19(11-13-20)16-24(22-23-14-7-15-25-22)18(3)21-8-5-4-6-9-21/h4-6,8-13,17-18H,7,14-16H2,1-3H3. The Hall–Kier alpha value is -1.74. The molecule has 1 atom stereocenters. The molecule has 132 valence electrons. The number of thioether (sulfide) groups is 1. The van der Waals surface area contributed by atoms with Crippen LogP contribution >= 0.6 is 11.8 Å². The van der Waals surface area contributed by atoms with Crippen LogP contribution in [0.4, 0.5) is 0 Å². The fourth-order valence-electron chi connectivity index (χ4n) is 3.11. The van der Waals surface area contributed by atoms with Gasteiger partial charge in [0.05, 0.1) is 6.04 Å². The van der Waals surface area contributed by atoms with E-state index < -0.39 is 0 Å². The van der Waals surface area contributed by atoms with Crippen molar-refractivity contribution >= 4 is 16.9 Å². The second-order valence-corrected chi connectivity index (χ2v) is 8.04. The van der Waals surface area contributed by atoms with Gasteiger partial charge in [-0.25, -0.2) is 0 Å². The van der Waals surface area contributed by atoms with Gasteiger partial charge < -0.3 is 4.90 Å². The summed E-state index contributed by atoms with van der Waals surface area (Å²) in [6.45, 7) is 8.63. The van der Waals surface area contributed by atoms with Crippen molar-refractivity contribution in [2.24, 2.45) is 4.99 Å². The molecular weight excluding hydrogens is 324 g/mol. The third-order valence-corrected chi connectivity index (χ3v) is 5.89. The van der Waals surface area contributed by atoms with Crippen LogP contribution in [0.25, 0.3) is 0 Å². The predicted molar refractivity (Wildman–Crippen MR) is 110 cm³/mol. The smallest absolute Gasteiger partial charge is 0.159 e. The second kappa shape index (κ2) is 8.57. The zero-order chi connectivity index (χ0) is 17.6. The predicted octanol–water partition coefficient (Wildman–Crippen LogP) is 5.87. The van der Waals surface area contributed by atoms with E-state index in [0.29, 0.717) is 12.0 Å². The fraction of sp³-hybridized carbons (Fsp3) is 0.409. The largest absolute Gasteiger partial charge is 0.340 e. The molecular formula is C22H28N2S. The molecule has 3 heteroatoms. The summed E-state index contributed by atoms with van der Waals surface area (Å²) < 4.78 is 0. The number of hydrogen-bond acceptors (Lipinski definition) is 3. The highest BCUT2D eigenvalue weighted by molar-refractivity contribution is 8.13. The Morgan fingerprint density at radius 3 is 2.28 bits per heavy atom. The molecule has 3 rings (SSSR count). The zero-order valence-corrected chi connectivity index (χ0v) is 16.3. The van der Waals surface area contributed by atoms with E-state index in [1.807, 2.05) is 11.8 Å². The van der Waals surface area contributed by atoms with E-state index in [0.717, 1.165) is 13.1 Å². The van der Waals surface area contributed by atoms with Gasteiger partial charge in [0.2, 0.25) is 0 Å². The van der Waals surface area contributed by atoms with E-state index in [-0.39, 0.29) is 0 Å². The minimum absolute atomic E-state index is 0.315. The first-order chi connectivity index (χ1) is 12.1. The lowest BCUT2D eigenvalue weighted by Gasteiger charge is -2.33. The summed E-state index contributed by atoms with van der Waals surface area (Å²) in [6, 6.07) is 20.1. The molecule has 0 amide bonds. The first kappa shape index (κ1) is 18.1. The lowest BCUT2D eigenvalue weighted by atomic mass is 10.0. The summed E-state index contributed by atoms with van der Waals surface area (Å²) in [4.78, 5) is 7.29. The van der Waals surface area contributed by atoms with Gasteiger partial charge in [-0.3, -0.25) is 4.99 Å². The zero-order valence-electron chi connectivity index (χ0n) is 15.5. The lowest BCUT2D eigenvalue weighted by Crippen LogP contribution is -2.33. The van der Waals surface area contributed by atoms with E-state index in [4.69, 9.17) is 4.99 Å². The number of hydrogen-bond donors (Lipinski definition) is 0. The third kappa shape index (κ3) is 4.66. The highest BCUT2D eigenvalue weighted by Gasteiger charge is 2.22. The van der Waals surface area contributed by atoms with Crippen molar-refractivity contribution in [3.63, 3.8) is 0 Å². The SMILES string of the molecule is CC(C)c1ccc(CN(C2=NCCCS2)C(C)c2ccccc2)cc1. The number of aliphatic imine (C=N–C) groups is 1. The highest BCUT2D eigenvalue weighted by atomic mass is 32.2. The van der Waals surface area contributed by atoms with Gasteiger partial charge in [0.25, 0.3) is 0 Å². The van der Waals surface area contributed by atoms with Crippen LogP contribution in [0.5, 0.6) is 0 Å². The number of amidine groups is 1. The summed E-state index contributed by atoms with van der Waals surface area (Å²) in [5, 5.41) is 1.19. The van der Waals surface area contributed by atoms with Gasteiger partial charge in [-0.15, -0.1) is 0 Å². The molecule has 0 saturated carbocycles. The van der Waals surface area contributed by atoms with Crippen molar-refractivity contribution < 1.29 is 0 Å². The summed E-state index contributed by atoms with van der Waals surface area (Å²) in [7, 11) is 0. The van der Waals surface area contributed by atoms with Gasteiger partial charge in [-0.1, -0.05) is 80.2 Å². The average molecular weight is 353 g/mol. The number of benzene rings is 2. The molecule has 0 aliphatic carbocycles. The van der Waals surface area contributed by atoms with Crippen LogP contribution in [0.1, 0.15) is 55.8 Å². The molecule has 0 radical (unpaired) electrons. The lowest BCUT2D eigenvalue weighted by molar-refractivity contribution is 0.334. The van der Waals surface area contributed by atoms with Crippen LogP contribution in [-0.4, -0.2) is 22.4 Å². The van der Waals surface area contributed by atoms with Gasteiger partial charge in [-0.05, 0) is 36.0 Å². The Bertz CT molecular complexity index is 692. The summed E-state index contributed by atoms with van der Waals surface area (Å²) in [5.41, 5.74) is 4.09.